The SMILES string of the molecule is NCCCC[C@H]1C(=O)NC(Cc2ccc(OCC3CC3)cc2)C(=O)N1Cc1ccc(-c2ccccc2)cc1. The van der Waals surface area contributed by atoms with Gasteiger partial charge in [0, 0.05) is 13.0 Å². The minimum Gasteiger partial charge on any atom is -0.493 e. The fourth-order valence-corrected chi connectivity index (χ4v) is 5.01. The van der Waals surface area contributed by atoms with Gasteiger partial charge in [-0.25, -0.2) is 0 Å². The number of ether oxygens (including phenoxy) is 1. The first-order chi connectivity index (χ1) is 18.6. The second-order valence-electron chi connectivity index (χ2n) is 10.5. The van der Waals surface area contributed by atoms with Crippen LogP contribution in [0, 0.1) is 5.92 Å². The van der Waals surface area contributed by atoms with Crippen molar-refractivity contribution in [3.05, 3.63) is 90.0 Å². The zero-order chi connectivity index (χ0) is 26.3. The predicted molar refractivity (Wildman–Crippen MR) is 149 cm³/mol. The van der Waals surface area contributed by atoms with E-state index in [2.05, 4.69) is 41.7 Å². The molecule has 6 heteroatoms. The van der Waals surface area contributed by atoms with Gasteiger partial charge in [-0.2, -0.15) is 0 Å². The number of piperazine rings is 1. The van der Waals surface area contributed by atoms with Crippen molar-refractivity contribution in [2.24, 2.45) is 11.7 Å². The number of carbonyl (C=O) groups excluding carboxylic acids is 2. The van der Waals surface area contributed by atoms with Crippen LogP contribution in [-0.2, 0) is 22.6 Å². The van der Waals surface area contributed by atoms with Crippen LogP contribution in [0.4, 0.5) is 0 Å². The third kappa shape index (κ3) is 6.62. The van der Waals surface area contributed by atoms with Crippen LogP contribution in [0.3, 0.4) is 0 Å². The Hall–Kier alpha value is -3.64. The van der Waals surface area contributed by atoms with Crippen molar-refractivity contribution in [1.29, 1.82) is 0 Å². The van der Waals surface area contributed by atoms with Gasteiger partial charge in [0.25, 0.3) is 0 Å². The Labute approximate surface area is 225 Å². The van der Waals surface area contributed by atoms with Gasteiger partial charge in [0.2, 0.25) is 11.8 Å². The van der Waals surface area contributed by atoms with Crippen LogP contribution in [0.1, 0.15) is 43.2 Å². The van der Waals surface area contributed by atoms with Gasteiger partial charge in [0.05, 0.1) is 6.61 Å². The summed E-state index contributed by atoms with van der Waals surface area (Å²) in [5.74, 6) is 1.42. The van der Waals surface area contributed by atoms with E-state index in [0.717, 1.165) is 47.5 Å². The predicted octanol–water partition coefficient (Wildman–Crippen LogP) is 4.71. The van der Waals surface area contributed by atoms with E-state index in [-0.39, 0.29) is 11.8 Å². The fraction of sp³-hybridized carbons (Fsp3) is 0.375. The maximum absolute atomic E-state index is 13.7. The summed E-state index contributed by atoms with van der Waals surface area (Å²) in [7, 11) is 0. The van der Waals surface area contributed by atoms with Crippen LogP contribution in [-0.4, -0.2) is 41.9 Å². The Morgan fingerprint density at radius 2 is 1.53 bits per heavy atom. The van der Waals surface area contributed by atoms with Crippen molar-refractivity contribution in [2.75, 3.05) is 13.2 Å². The number of nitrogens with one attached hydrogen (secondary N) is 1. The molecule has 198 valence electrons. The average molecular weight is 512 g/mol. The average Bonchev–Trinajstić information content (AvgIpc) is 3.78. The van der Waals surface area contributed by atoms with Gasteiger partial charge in [0.15, 0.2) is 0 Å². The highest BCUT2D eigenvalue weighted by atomic mass is 16.5. The molecule has 1 saturated carbocycles. The highest BCUT2D eigenvalue weighted by Crippen LogP contribution is 2.30. The Balaban J connectivity index is 1.29. The van der Waals surface area contributed by atoms with Gasteiger partial charge in [-0.15, -0.1) is 0 Å². The number of rotatable bonds is 12. The largest absolute Gasteiger partial charge is 0.493 e. The molecule has 1 heterocycles. The molecule has 0 aromatic heterocycles. The van der Waals surface area contributed by atoms with Crippen molar-refractivity contribution in [3.63, 3.8) is 0 Å². The molecule has 1 aliphatic heterocycles. The third-order valence-electron chi connectivity index (χ3n) is 7.47. The molecule has 0 radical (unpaired) electrons. The van der Waals surface area contributed by atoms with E-state index in [1.165, 1.54) is 12.8 Å². The topological polar surface area (TPSA) is 84.7 Å². The lowest BCUT2D eigenvalue weighted by atomic mass is 9.96. The number of carbonyl (C=O) groups is 2. The van der Waals surface area contributed by atoms with Crippen LogP contribution >= 0.6 is 0 Å². The summed E-state index contributed by atoms with van der Waals surface area (Å²) < 4.78 is 5.84. The Morgan fingerprint density at radius 1 is 0.842 bits per heavy atom. The lowest BCUT2D eigenvalue weighted by Crippen LogP contribution is -2.63. The van der Waals surface area contributed by atoms with E-state index in [1.807, 2.05) is 42.5 Å². The maximum Gasteiger partial charge on any atom is 0.246 e. The van der Waals surface area contributed by atoms with E-state index in [0.29, 0.717) is 31.8 Å². The summed E-state index contributed by atoms with van der Waals surface area (Å²) in [6, 6.07) is 25.3. The fourth-order valence-electron chi connectivity index (χ4n) is 5.01. The highest BCUT2D eigenvalue weighted by Gasteiger charge is 2.40. The first kappa shape index (κ1) is 26.0. The number of hydrogen-bond donors (Lipinski definition) is 2. The minimum atomic E-state index is -0.588. The van der Waals surface area contributed by atoms with Gasteiger partial charge in [-0.1, -0.05) is 66.7 Å². The number of benzene rings is 3. The molecule has 1 aliphatic carbocycles. The summed E-state index contributed by atoms with van der Waals surface area (Å²) in [5, 5.41) is 3.01. The van der Waals surface area contributed by atoms with E-state index < -0.39 is 12.1 Å². The van der Waals surface area contributed by atoms with Crippen molar-refractivity contribution in [3.8, 4) is 16.9 Å². The third-order valence-corrected chi connectivity index (χ3v) is 7.47. The van der Waals surface area contributed by atoms with Crippen molar-refractivity contribution < 1.29 is 14.3 Å². The van der Waals surface area contributed by atoms with Crippen LogP contribution in [0.2, 0.25) is 0 Å². The number of unbranched alkanes of at least 4 members (excludes halogenated alkanes) is 1. The second-order valence-corrected chi connectivity index (χ2v) is 10.5. The Kier molecular flexibility index (Phi) is 8.39. The molecular formula is C32H37N3O3. The zero-order valence-corrected chi connectivity index (χ0v) is 21.9. The molecule has 1 unspecified atom stereocenters. The van der Waals surface area contributed by atoms with Gasteiger partial charge >= 0.3 is 0 Å². The second kappa shape index (κ2) is 12.3. The molecular weight excluding hydrogens is 474 g/mol. The smallest absolute Gasteiger partial charge is 0.246 e. The molecule has 38 heavy (non-hydrogen) atoms. The maximum atomic E-state index is 13.7. The molecule has 3 aromatic rings. The van der Waals surface area contributed by atoms with Crippen LogP contribution < -0.4 is 15.8 Å². The first-order valence-corrected chi connectivity index (χ1v) is 13.8. The molecule has 6 nitrogen and oxygen atoms in total. The summed E-state index contributed by atoms with van der Waals surface area (Å²) in [6.45, 7) is 1.74. The van der Waals surface area contributed by atoms with E-state index in [1.54, 1.807) is 4.90 Å². The number of nitrogens with zero attached hydrogens (tertiary/aromatic N) is 1. The first-order valence-electron chi connectivity index (χ1n) is 13.8. The quantitative estimate of drug-likeness (QED) is 0.345. The van der Waals surface area contributed by atoms with Crippen molar-refractivity contribution in [1.82, 2.24) is 10.2 Å². The molecule has 0 spiro atoms. The highest BCUT2D eigenvalue weighted by molar-refractivity contribution is 5.97. The number of nitrogens with two attached hydrogens (primary N) is 1. The van der Waals surface area contributed by atoms with E-state index >= 15 is 0 Å². The van der Waals surface area contributed by atoms with Gasteiger partial charge in [-0.3, -0.25) is 9.59 Å². The molecule has 2 amide bonds. The van der Waals surface area contributed by atoms with Crippen molar-refractivity contribution in [2.45, 2.75) is 57.2 Å². The van der Waals surface area contributed by atoms with Crippen LogP contribution in [0.15, 0.2) is 78.9 Å². The molecule has 5 rings (SSSR count). The number of amides is 2. The Bertz CT molecular complexity index is 1210. The molecule has 1 saturated heterocycles. The molecule has 0 bridgehead atoms. The summed E-state index contributed by atoms with van der Waals surface area (Å²) >= 11 is 0. The van der Waals surface area contributed by atoms with Gasteiger partial charge in [0.1, 0.15) is 17.8 Å². The molecule has 2 aliphatic rings. The van der Waals surface area contributed by atoms with Gasteiger partial charge < -0.3 is 20.7 Å². The summed E-state index contributed by atoms with van der Waals surface area (Å²) in [5.41, 5.74) is 9.97. The zero-order valence-electron chi connectivity index (χ0n) is 21.9. The van der Waals surface area contributed by atoms with Crippen LogP contribution in [0.25, 0.3) is 11.1 Å². The number of hydrogen-bond acceptors (Lipinski definition) is 4. The van der Waals surface area contributed by atoms with E-state index in [9.17, 15) is 9.59 Å². The Morgan fingerprint density at radius 3 is 2.21 bits per heavy atom. The van der Waals surface area contributed by atoms with Crippen LogP contribution in [0.5, 0.6) is 5.75 Å². The van der Waals surface area contributed by atoms with Gasteiger partial charge in [-0.05, 0) is 79.0 Å². The summed E-state index contributed by atoms with van der Waals surface area (Å²) in [4.78, 5) is 28.7. The molecule has 3 aromatic carbocycles. The lowest BCUT2D eigenvalue weighted by molar-refractivity contribution is -0.150. The normalized spacial score (nSPS) is 19.3. The van der Waals surface area contributed by atoms with E-state index in [4.69, 9.17) is 10.5 Å². The molecule has 2 fully saturated rings. The standard InChI is InChI=1S/C32H37N3O3/c33-19-5-4-8-30-31(36)34-29(20-23-13-17-28(18-14-23)38-22-25-9-10-25)32(37)35(30)21-24-11-15-27(16-12-24)26-6-2-1-3-7-26/h1-3,6-7,11-18,25,29-30H,4-5,8-10,19-22,33H2,(H,34,36)/t29?,30-/m0/s1. The summed E-state index contributed by atoms with van der Waals surface area (Å²) in [6.07, 6.45) is 5.20. The molecule has 3 N–H and O–H groups in total. The van der Waals surface area contributed by atoms with Crippen molar-refractivity contribution >= 4 is 11.8 Å². The monoisotopic (exact) mass is 511 g/mol. The molecule has 2 atom stereocenters. The minimum absolute atomic E-state index is 0.0384. The lowest BCUT2D eigenvalue weighted by Gasteiger charge is -2.39.